The largest absolute Gasteiger partial charge is 0.376 e. The van der Waals surface area contributed by atoms with Gasteiger partial charge in [-0.3, -0.25) is 4.79 Å². The van der Waals surface area contributed by atoms with Crippen LogP contribution in [0.5, 0.6) is 0 Å². The van der Waals surface area contributed by atoms with Gasteiger partial charge in [-0.15, -0.1) is 21.5 Å². The summed E-state index contributed by atoms with van der Waals surface area (Å²) >= 11 is 9.45. The summed E-state index contributed by atoms with van der Waals surface area (Å²) in [6, 6.07) is 7.71. The number of amides is 1. The number of hydrogen-bond acceptors (Lipinski definition) is 7. The molecule has 1 saturated heterocycles. The van der Waals surface area contributed by atoms with E-state index < -0.39 is 0 Å². The van der Waals surface area contributed by atoms with Crippen molar-refractivity contribution in [3.05, 3.63) is 46.2 Å². The molecule has 0 aliphatic carbocycles. The molecule has 0 radical (unpaired) electrons. The number of nitrogens with zero attached hydrogens (tertiary/aromatic N) is 4. The molecule has 3 heterocycles. The third kappa shape index (κ3) is 5.21. The van der Waals surface area contributed by atoms with Gasteiger partial charge in [0.05, 0.1) is 23.4 Å². The molecule has 1 aliphatic rings. The topological polar surface area (TPSA) is 95.9 Å². The highest BCUT2D eigenvalue weighted by Crippen LogP contribution is 2.32. The number of ether oxygens (including phenoxy) is 1. The fourth-order valence-electron chi connectivity index (χ4n) is 3.29. The maximum Gasteiger partial charge on any atom is 0.217 e. The summed E-state index contributed by atoms with van der Waals surface area (Å²) < 4.78 is 7.85. The van der Waals surface area contributed by atoms with E-state index in [1.807, 2.05) is 29.6 Å². The third-order valence-corrected chi connectivity index (χ3v) is 7.06. The summed E-state index contributed by atoms with van der Waals surface area (Å²) in [5.41, 5.74) is 7.22. The fourth-order valence-corrected chi connectivity index (χ4v) is 5.40. The van der Waals surface area contributed by atoms with Crippen molar-refractivity contribution in [2.24, 2.45) is 5.73 Å². The Hall–Kier alpha value is -1.94. The zero-order valence-electron chi connectivity index (χ0n) is 16.3. The van der Waals surface area contributed by atoms with E-state index in [4.69, 9.17) is 27.1 Å². The predicted molar refractivity (Wildman–Crippen MR) is 119 cm³/mol. The van der Waals surface area contributed by atoms with Crippen molar-refractivity contribution < 1.29 is 9.53 Å². The minimum absolute atomic E-state index is 0.152. The Morgan fingerprint density at radius 3 is 3.00 bits per heavy atom. The molecule has 158 valence electrons. The molecular formula is C20H22ClN5O2S2. The van der Waals surface area contributed by atoms with Crippen molar-refractivity contribution >= 4 is 40.6 Å². The molecule has 1 aromatic carbocycles. The van der Waals surface area contributed by atoms with E-state index in [1.165, 1.54) is 0 Å². The molecule has 0 saturated carbocycles. The summed E-state index contributed by atoms with van der Waals surface area (Å²) in [6.45, 7) is 1.47. The second-order valence-corrected chi connectivity index (χ2v) is 9.23. The van der Waals surface area contributed by atoms with Gasteiger partial charge in [0.15, 0.2) is 5.16 Å². The maximum absolute atomic E-state index is 11.2. The lowest BCUT2D eigenvalue weighted by atomic mass is 10.2. The third-order valence-electron chi connectivity index (χ3n) is 4.80. The Kier molecular flexibility index (Phi) is 7.04. The van der Waals surface area contributed by atoms with Crippen LogP contribution in [-0.4, -0.2) is 38.4 Å². The molecule has 10 heteroatoms. The van der Waals surface area contributed by atoms with Crippen LogP contribution in [0.15, 0.2) is 34.8 Å². The zero-order valence-corrected chi connectivity index (χ0v) is 18.7. The van der Waals surface area contributed by atoms with Crippen molar-refractivity contribution in [1.29, 1.82) is 0 Å². The molecule has 3 aromatic rings. The molecule has 1 amide bonds. The average Bonchev–Trinajstić information content (AvgIpc) is 3.47. The van der Waals surface area contributed by atoms with Crippen molar-refractivity contribution in [2.75, 3.05) is 6.61 Å². The zero-order chi connectivity index (χ0) is 20.9. The summed E-state index contributed by atoms with van der Waals surface area (Å²) in [4.78, 5) is 15.9. The molecule has 1 aliphatic heterocycles. The molecule has 1 fully saturated rings. The van der Waals surface area contributed by atoms with Gasteiger partial charge in [-0.05, 0) is 18.9 Å². The second kappa shape index (κ2) is 9.91. The standard InChI is InChI=1S/C20H22ClN5O2S2/c21-16-6-2-1-5-15(16)19-23-13(11-29-19)12-30-20-25-24-18(8-7-17(22)27)26(20)10-14-4-3-9-28-14/h1-2,5-6,11,14H,3-4,7-10,12H2,(H2,22,27). The van der Waals surface area contributed by atoms with Crippen molar-refractivity contribution in [3.63, 3.8) is 0 Å². The van der Waals surface area contributed by atoms with E-state index >= 15 is 0 Å². The normalized spacial score (nSPS) is 16.2. The number of carbonyl (C=O) groups excluding carboxylic acids is 1. The van der Waals surface area contributed by atoms with Gasteiger partial charge < -0.3 is 15.0 Å². The second-order valence-electron chi connectivity index (χ2n) is 7.02. The predicted octanol–water partition coefficient (Wildman–Crippen LogP) is 3.94. The Morgan fingerprint density at radius 2 is 2.23 bits per heavy atom. The van der Waals surface area contributed by atoms with Gasteiger partial charge >= 0.3 is 0 Å². The number of nitrogens with two attached hydrogens (primary N) is 1. The van der Waals surface area contributed by atoms with Gasteiger partial charge in [-0.25, -0.2) is 4.98 Å². The first-order valence-corrected chi connectivity index (χ1v) is 12.0. The monoisotopic (exact) mass is 463 g/mol. The summed E-state index contributed by atoms with van der Waals surface area (Å²) in [5, 5.41) is 13.1. The van der Waals surface area contributed by atoms with Gasteiger partial charge in [0, 0.05) is 36.1 Å². The average molecular weight is 464 g/mol. The number of primary amides is 1. The molecule has 2 N–H and O–H groups in total. The first-order chi connectivity index (χ1) is 14.6. The molecule has 1 unspecified atom stereocenters. The van der Waals surface area contributed by atoms with Crippen molar-refractivity contribution in [3.8, 4) is 10.6 Å². The van der Waals surface area contributed by atoms with Crippen LogP contribution in [0.1, 0.15) is 30.8 Å². The SMILES string of the molecule is NC(=O)CCc1nnc(SCc2csc(-c3ccccc3Cl)n2)n1CC1CCCO1. The maximum atomic E-state index is 11.2. The number of rotatable bonds is 9. The summed E-state index contributed by atoms with van der Waals surface area (Å²) in [5.74, 6) is 1.09. The van der Waals surface area contributed by atoms with Crippen LogP contribution in [0.2, 0.25) is 5.02 Å². The Labute approximate surface area is 188 Å². The van der Waals surface area contributed by atoms with Crippen molar-refractivity contribution in [2.45, 2.75) is 49.2 Å². The van der Waals surface area contributed by atoms with Crippen LogP contribution in [0, 0.1) is 0 Å². The fraction of sp³-hybridized carbons (Fsp3) is 0.400. The summed E-state index contributed by atoms with van der Waals surface area (Å²) in [7, 11) is 0. The molecule has 1 atom stereocenters. The minimum Gasteiger partial charge on any atom is -0.376 e. The minimum atomic E-state index is -0.342. The lowest BCUT2D eigenvalue weighted by molar-refractivity contribution is -0.118. The first-order valence-electron chi connectivity index (χ1n) is 9.74. The van der Waals surface area contributed by atoms with Gasteiger partial charge in [-0.2, -0.15) is 0 Å². The Bertz CT molecular complexity index is 1020. The van der Waals surface area contributed by atoms with E-state index in [0.717, 1.165) is 46.7 Å². The van der Waals surface area contributed by atoms with Crippen LogP contribution >= 0.6 is 34.7 Å². The molecule has 0 bridgehead atoms. The van der Waals surface area contributed by atoms with E-state index in [2.05, 4.69) is 14.8 Å². The van der Waals surface area contributed by atoms with Gasteiger partial charge in [0.2, 0.25) is 5.91 Å². The van der Waals surface area contributed by atoms with Crippen LogP contribution in [0.3, 0.4) is 0 Å². The van der Waals surface area contributed by atoms with Gasteiger partial charge in [-0.1, -0.05) is 41.6 Å². The number of thiazole rings is 1. The number of hydrogen-bond donors (Lipinski definition) is 1. The Morgan fingerprint density at radius 1 is 1.37 bits per heavy atom. The van der Waals surface area contributed by atoms with Crippen LogP contribution < -0.4 is 5.73 Å². The van der Waals surface area contributed by atoms with E-state index in [1.54, 1.807) is 23.1 Å². The van der Waals surface area contributed by atoms with Crippen LogP contribution in [0.25, 0.3) is 10.6 Å². The molecule has 0 spiro atoms. The van der Waals surface area contributed by atoms with Crippen LogP contribution in [-0.2, 0) is 28.2 Å². The van der Waals surface area contributed by atoms with Crippen molar-refractivity contribution in [1.82, 2.24) is 19.7 Å². The van der Waals surface area contributed by atoms with Gasteiger partial charge in [0.1, 0.15) is 10.8 Å². The van der Waals surface area contributed by atoms with E-state index in [0.29, 0.717) is 23.7 Å². The number of aromatic nitrogens is 4. The molecule has 4 rings (SSSR count). The van der Waals surface area contributed by atoms with E-state index in [9.17, 15) is 4.79 Å². The van der Waals surface area contributed by atoms with Crippen LogP contribution in [0.4, 0.5) is 0 Å². The Balaban J connectivity index is 1.47. The smallest absolute Gasteiger partial charge is 0.217 e. The number of benzene rings is 1. The molecular weight excluding hydrogens is 442 g/mol. The highest BCUT2D eigenvalue weighted by atomic mass is 35.5. The number of aryl methyl sites for hydroxylation is 1. The molecule has 2 aromatic heterocycles. The quantitative estimate of drug-likeness (QED) is 0.483. The summed E-state index contributed by atoms with van der Waals surface area (Å²) in [6.07, 6.45) is 2.96. The molecule has 7 nitrogen and oxygen atoms in total. The lowest BCUT2D eigenvalue weighted by Crippen LogP contribution is -2.19. The number of halogens is 1. The number of thioether (sulfide) groups is 1. The number of carbonyl (C=O) groups is 1. The highest BCUT2D eigenvalue weighted by Gasteiger charge is 2.21. The first kappa shape index (κ1) is 21.3. The molecule has 30 heavy (non-hydrogen) atoms. The van der Waals surface area contributed by atoms with E-state index in [-0.39, 0.29) is 18.4 Å². The highest BCUT2D eigenvalue weighted by molar-refractivity contribution is 7.98. The lowest BCUT2D eigenvalue weighted by Gasteiger charge is -2.14. The van der Waals surface area contributed by atoms with Gasteiger partial charge in [0.25, 0.3) is 0 Å².